The summed E-state index contributed by atoms with van der Waals surface area (Å²) in [4.78, 5) is 16.6. The first-order chi connectivity index (χ1) is 15.2. The molecule has 0 saturated heterocycles. The predicted molar refractivity (Wildman–Crippen MR) is 124 cm³/mol. The van der Waals surface area contributed by atoms with Crippen LogP contribution in [0.2, 0.25) is 0 Å². The van der Waals surface area contributed by atoms with E-state index in [0.717, 1.165) is 37.9 Å². The summed E-state index contributed by atoms with van der Waals surface area (Å²) < 4.78 is 0. The Morgan fingerprint density at radius 2 is 1.45 bits per heavy atom. The molecule has 1 fully saturated rings. The van der Waals surface area contributed by atoms with E-state index in [2.05, 4.69) is 58.8 Å². The van der Waals surface area contributed by atoms with Crippen molar-refractivity contribution in [1.82, 2.24) is 9.99 Å². The van der Waals surface area contributed by atoms with Crippen LogP contribution in [0.4, 0.5) is 5.69 Å². The monoisotopic (exact) mass is 414 g/mol. The van der Waals surface area contributed by atoms with Crippen LogP contribution in [-0.4, -0.2) is 28.5 Å². The summed E-state index contributed by atoms with van der Waals surface area (Å²) in [7, 11) is 0. The molecule has 1 aliphatic carbocycles. The summed E-state index contributed by atoms with van der Waals surface area (Å²) in [5.41, 5.74) is 3.35. The molecule has 3 aromatic rings. The molecule has 5 nitrogen and oxygen atoms in total. The number of amides is 1. The van der Waals surface area contributed by atoms with Crippen LogP contribution in [0.15, 0.2) is 85.2 Å². The van der Waals surface area contributed by atoms with Gasteiger partial charge in [-0.05, 0) is 48.9 Å². The van der Waals surface area contributed by atoms with Gasteiger partial charge in [0.05, 0.1) is 0 Å². The molecule has 0 radical (unpaired) electrons. The smallest absolute Gasteiger partial charge is 0.227 e. The first kappa shape index (κ1) is 21.2. The largest absolute Gasteiger partial charge is 0.326 e. The number of carbonyl (C=O) groups excluding carboxylic acids is 1. The second kappa shape index (κ2) is 10.3. The fraction of sp³-hybridized carbons (Fsp3) is 0.308. The normalized spacial score (nSPS) is 18.8. The van der Waals surface area contributed by atoms with Crippen LogP contribution >= 0.6 is 0 Å². The third kappa shape index (κ3) is 5.57. The number of nitrogens with one attached hydrogen (secondary N) is 1. The lowest BCUT2D eigenvalue weighted by Crippen LogP contribution is -2.46. The van der Waals surface area contributed by atoms with E-state index in [1.807, 2.05) is 29.3 Å². The summed E-state index contributed by atoms with van der Waals surface area (Å²) in [6.07, 6.45) is 6.96. The van der Waals surface area contributed by atoms with E-state index in [4.69, 9.17) is 5.84 Å². The van der Waals surface area contributed by atoms with Gasteiger partial charge in [-0.15, -0.1) is 0 Å². The summed E-state index contributed by atoms with van der Waals surface area (Å²) in [6.45, 7) is 0.757. The molecule has 160 valence electrons. The third-order valence-corrected chi connectivity index (χ3v) is 6.28. The van der Waals surface area contributed by atoms with Crippen LogP contribution < -0.4 is 11.2 Å². The van der Waals surface area contributed by atoms with E-state index in [-0.39, 0.29) is 17.7 Å². The number of anilines is 1. The van der Waals surface area contributed by atoms with E-state index in [1.54, 1.807) is 12.4 Å². The van der Waals surface area contributed by atoms with Crippen molar-refractivity contribution in [2.75, 3.05) is 11.9 Å². The van der Waals surface area contributed by atoms with Crippen molar-refractivity contribution in [2.45, 2.75) is 37.6 Å². The SMILES string of the molecule is NN(CC(c1ccccc1)c1ccccc1)C1CCC(C(=O)Nc2ccncc2)CC1. The fourth-order valence-corrected chi connectivity index (χ4v) is 4.48. The maximum absolute atomic E-state index is 12.6. The molecular formula is C26H30N4O. The maximum Gasteiger partial charge on any atom is 0.227 e. The van der Waals surface area contributed by atoms with E-state index in [9.17, 15) is 4.79 Å². The molecule has 3 N–H and O–H groups in total. The molecule has 1 amide bonds. The summed E-state index contributed by atoms with van der Waals surface area (Å²) in [5.74, 6) is 6.95. The zero-order chi connectivity index (χ0) is 21.5. The van der Waals surface area contributed by atoms with Crippen LogP contribution in [0.5, 0.6) is 0 Å². The van der Waals surface area contributed by atoms with E-state index in [1.165, 1.54) is 11.1 Å². The second-order valence-electron chi connectivity index (χ2n) is 8.30. The molecule has 1 saturated carbocycles. The Kier molecular flexibility index (Phi) is 7.07. The zero-order valence-electron chi connectivity index (χ0n) is 17.7. The van der Waals surface area contributed by atoms with Crippen molar-refractivity contribution in [2.24, 2.45) is 11.8 Å². The minimum absolute atomic E-state index is 0.0388. The summed E-state index contributed by atoms with van der Waals surface area (Å²) in [5, 5.41) is 5.01. The standard InChI is InChI=1S/C26H30N4O/c27-30(19-25(20-7-3-1-4-8-20)21-9-5-2-6-10-21)24-13-11-22(12-14-24)26(31)29-23-15-17-28-18-16-23/h1-10,15-18,22,24-25H,11-14,19,27H2,(H,28,29,31). The van der Waals surface area contributed by atoms with Gasteiger partial charge in [0.15, 0.2) is 0 Å². The van der Waals surface area contributed by atoms with Gasteiger partial charge >= 0.3 is 0 Å². The first-order valence-electron chi connectivity index (χ1n) is 11.0. The average molecular weight is 415 g/mol. The number of rotatable bonds is 7. The van der Waals surface area contributed by atoms with E-state index < -0.39 is 0 Å². The molecule has 0 atom stereocenters. The Hall–Kier alpha value is -3.02. The molecule has 1 heterocycles. The van der Waals surface area contributed by atoms with Gasteiger partial charge in [0.2, 0.25) is 5.91 Å². The quantitative estimate of drug-likeness (QED) is 0.438. The Morgan fingerprint density at radius 1 is 0.903 bits per heavy atom. The minimum Gasteiger partial charge on any atom is -0.326 e. The van der Waals surface area contributed by atoms with Gasteiger partial charge in [0.1, 0.15) is 0 Å². The molecule has 2 aromatic carbocycles. The molecule has 0 aliphatic heterocycles. The summed E-state index contributed by atoms with van der Waals surface area (Å²) in [6, 6.07) is 25.0. The number of carbonyl (C=O) groups is 1. The first-order valence-corrected chi connectivity index (χ1v) is 11.0. The van der Waals surface area contributed by atoms with Crippen LogP contribution in [0, 0.1) is 5.92 Å². The number of hydrogen-bond acceptors (Lipinski definition) is 4. The molecule has 5 heteroatoms. The lowest BCUT2D eigenvalue weighted by molar-refractivity contribution is -0.121. The van der Waals surface area contributed by atoms with Crippen molar-refractivity contribution in [3.8, 4) is 0 Å². The van der Waals surface area contributed by atoms with Crippen LogP contribution in [0.25, 0.3) is 0 Å². The number of nitrogens with two attached hydrogens (primary N) is 1. The highest BCUT2D eigenvalue weighted by Gasteiger charge is 2.30. The van der Waals surface area contributed by atoms with Gasteiger partial charge in [-0.3, -0.25) is 15.6 Å². The Morgan fingerprint density at radius 3 is 2.00 bits per heavy atom. The number of benzene rings is 2. The van der Waals surface area contributed by atoms with E-state index >= 15 is 0 Å². The van der Waals surface area contributed by atoms with Gasteiger partial charge in [0, 0.05) is 42.5 Å². The molecule has 0 unspecified atom stereocenters. The molecule has 0 spiro atoms. The highest BCUT2D eigenvalue weighted by Crippen LogP contribution is 2.31. The fourth-order valence-electron chi connectivity index (χ4n) is 4.48. The van der Waals surface area contributed by atoms with Crippen LogP contribution in [0.1, 0.15) is 42.7 Å². The van der Waals surface area contributed by atoms with Gasteiger partial charge in [0.25, 0.3) is 0 Å². The Bertz CT molecular complexity index is 901. The second-order valence-corrected chi connectivity index (χ2v) is 8.30. The average Bonchev–Trinajstić information content (AvgIpc) is 2.84. The Balaban J connectivity index is 1.36. The highest BCUT2D eigenvalue weighted by molar-refractivity contribution is 5.92. The number of aromatic nitrogens is 1. The van der Waals surface area contributed by atoms with Gasteiger partial charge in [-0.1, -0.05) is 60.7 Å². The number of pyridine rings is 1. The maximum atomic E-state index is 12.6. The van der Waals surface area contributed by atoms with Crippen molar-refractivity contribution < 1.29 is 4.79 Å². The van der Waals surface area contributed by atoms with Gasteiger partial charge < -0.3 is 5.32 Å². The lowest BCUT2D eigenvalue weighted by atomic mass is 9.84. The van der Waals surface area contributed by atoms with Crippen molar-refractivity contribution in [3.05, 3.63) is 96.3 Å². The lowest BCUT2D eigenvalue weighted by Gasteiger charge is -2.35. The van der Waals surface area contributed by atoms with Crippen molar-refractivity contribution in [3.63, 3.8) is 0 Å². The molecule has 31 heavy (non-hydrogen) atoms. The van der Waals surface area contributed by atoms with Crippen LogP contribution in [-0.2, 0) is 4.79 Å². The topological polar surface area (TPSA) is 71.2 Å². The van der Waals surface area contributed by atoms with E-state index in [0.29, 0.717) is 6.04 Å². The molecule has 1 aromatic heterocycles. The van der Waals surface area contributed by atoms with Gasteiger partial charge in [-0.2, -0.15) is 0 Å². The molecule has 4 rings (SSSR count). The number of hydrogen-bond donors (Lipinski definition) is 2. The minimum atomic E-state index is 0.0388. The highest BCUT2D eigenvalue weighted by atomic mass is 16.1. The predicted octanol–water partition coefficient (Wildman–Crippen LogP) is 4.59. The summed E-state index contributed by atoms with van der Waals surface area (Å²) >= 11 is 0. The zero-order valence-corrected chi connectivity index (χ0v) is 17.7. The van der Waals surface area contributed by atoms with Crippen LogP contribution in [0.3, 0.4) is 0 Å². The molecular weight excluding hydrogens is 384 g/mol. The number of nitrogens with zero attached hydrogens (tertiary/aromatic N) is 2. The third-order valence-electron chi connectivity index (χ3n) is 6.28. The molecule has 1 aliphatic rings. The van der Waals surface area contributed by atoms with Crippen molar-refractivity contribution in [1.29, 1.82) is 0 Å². The van der Waals surface area contributed by atoms with Gasteiger partial charge in [-0.25, -0.2) is 5.01 Å². The van der Waals surface area contributed by atoms with Crippen molar-refractivity contribution >= 4 is 11.6 Å². The molecule has 0 bridgehead atoms. The Labute approximate surface area is 184 Å². The number of hydrazine groups is 1.